The van der Waals surface area contributed by atoms with Gasteiger partial charge in [-0.3, -0.25) is 0 Å². The van der Waals surface area contributed by atoms with E-state index in [1.165, 1.54) is 0 Å². The van der Waals surface area contributed by atoms with Gasteiger partial charge in [-0.05, 0) is 39.5 Å². The zero-order valence-electron chi connectivity index (χ0n) is 11.1. The normalized spacial score (nSPS) is 13.9. The summed E-state index contributed by atoms with van der Waals surface area (Å²) < 4.78 is 5.23. The molecule has 2 heteroatoms. The average molecular weight is 212 g/mol. The van der Waals surface area contributed by atoms with Crippen molar-refractivity contribution in [3.8, 4) is 0 Å². The first-order valence-electron chi connectivity index (χ1n) is 5.50. The molecular weight excluding hydrogens is 188 g/mol. The maximum Gasteiger partial charge on any atom is 0.331 e. The third-order valence-corrected chi connectivity index (χ3v) is 2.69. The summed E-state index contributed by atoms with van der Waals surface area (Å²) in [5, 5.41) is 0. The molecule has 15 heavy (non-hydrogen) atoms. The van der Waals surface area contributed by atoms with Crippen molar-refractivity contribution in [3.63, 3.8) is 0 Å². The van der Waals surface area contributed by atoms with Gasteiger partial charge in [0.15, 0.2) is 0 Å². The molecule has 0 aliphatic rings. The summed E-state index contributed by atoms with van der Waals surface area (Å²) in [5.41, 5.74) is 0.723. The summed E-state index contributed by atoms with van der Waals surface area (Å²) in [6.45, 7) is 14.0. The Bertz CT molecular complexity index is 254. The largest absolute Gasteiger partial charge is 0.457 e. The maximum absolute atomic E-state index is 11.5. The molecule has 0 aromatic carbocycles. The third kappa shape index (κ3) is 5.60. The van der Waals surface area contributed by atoms with Crippen molar-refractivity contribution >= 4 is 5.97 Å². The van der Waals surface area contributed by atoms with Crippen LogP contribution in [0, 0.1) is 5.41 Å². The Morgan fingerprint density at radius 1 is 1.20 bits per heavy atom. The zero-order valence-corrected chi connectivity index (χ0v) is 11.1. The van der Waals surface area contributed by atoms with Gasteiger partial charge >= 0.3 is 5.97 Å². The van der Waals surface area contributed by atoms with E-state index in [2.05, 4.69) is 20.8 Å². The molecule has 0 saturated heterocycles. The number of carbonyl (C=O) groups is 1. The minimum absolute atomic E-state index is 0.0664. The van der Waals surface area contributed by atoms with Gasteiger partial charge in [0.25, 0.3) is 0 Å². The molecule has 2 nitrogen and oxygen atoms in total. The standard InChI is InChI=1S/C13H24O2/c1-8-13(6,7)10(2)9-11(14)15-12(3,4)5/h9H,8H2,1-7H3/b10-9+. The summed E-state index contributed by atoms with van der Waals surface area (Å²) in [7, 11) is 0. The van der Waals surface area contributed by atoms with Gasteiger partial charge in [0.05, 0.1) is 0 Å². The van der Waals surface area contributed by atoms with Gasteiger partial charge in [0.2, 0.25) is 0 Å². The number of hydrogen-bond acceptors (Lipinski definition) is 2. The van der Waals surface area contributed by atoms with Crippen LogP contribution in [-0.2, 0) is 9.53 Å². The van der Waals surface area contributed by atoms with Crippen LogP contribution in [0.2, 0.25) is 0 Å². The monoisotopic (exact) mass is 212 g/mol. The number of hydrogen-bond donors (Lipinski definition) is 0. The fraction of sp³-hybridized carbons (Fsp3) is 0.769. The fourth-order valence-corrected chi connectivity index (χ4v) is 0.982. The highest BCUT2D eigenvalue weighted by Crippen LogP contribution is 2.29. The Labute approximate surface area is 93.7 Å². The lowest BCUT2D eigenvalue weighted by molar-refractivity contribution is -0.148. The molecule has 0 atom stereocenters. The Morgan fingerprint density at radius 2 is 1.67 bits per heavy atom. The molecule has 0 aromatic rings. The second-order valence-corrected chi connectivity index (χ2v) is 5.60. The first kappa shape index (κ1) is 14.2. The molecule has 0 amide bonds. The summed E-state index contributed by atoms with van der Waals surface area (Å²) in [5.74, 6) is -0.249. The SMILES string of the molecule is CCC(C)(C)/C(C)=C/C(=O)OC(C)(C)C. The Balaban J connectivity index is 4.57. The van der Waals surface area contributed by atoms with Crippen molar-refractivity contribution in [1.82, 2.24) is 0 Å². The summed E-state index contributed by atoms with van der Waals surface area (Å²) in [6.07, 6.45) is 2.62. The highest BCUT2D eigenvalue weighted by atomic mass is 16.6. The van der Waals surface area contributed by atoms with Crippen molar-refractivity contribution in [2.45, 2.75) is 60.5 Å². The Hall–Kier alpha value is -0.790. The number of ether oxygens (including phenoxy) is 1. The van der Waals surface area contributed by atoms with Crippen LogP contribution in [0.3, 0.4) is 0 Å². The summed E-state index contributed by atoms with van der Waals surface area (Å²) >= 11 is 0. The van der Waals surface area contributed by atoms with E-state index in [1.807, 2.05) is 27.7 Å². The Kier molecular flexibility index (Phi) is 4.57. The summed E-state index contributed by atoms with van der Waals surface area (Å²) in [4.78, 5) is 11.5. The molecule has 88 valence electrons. The van der Waals surface area contributed by atoms with Crippen molar-refractivity contribution < 1.29 is 9.53 Å². The summed E-state index contributed by atoms with van der Waals surface area (Å²) in [6, 6.07) is 0. The average Bonchev–Trinajstić information content (AvgIpc) is 2.00. The van der Waals surface area contributed by atoms with Gasteiger partial charge < -0.3 is 4.74 Å². The van der Waals surface area contributed by atoms with Gasteiger partial charge in [-0.15, -0.1) is 0 Å². The number of esters is 1. The number of carbonyl (C=O) groups excluding carboxylic acids is 1. The van der Waals surface area contributed by atoms with E-state index >= 15 is 0 Å². The van der Waals surface area contributed by atoms with Crippen molar-refractivity contribution in [1.29, 1.82) is 0 Å². The van der Waals surface area contributed by atoms with E-state index in [9.17, 15) is 4.79 Å². The molecule has 0 aromatic heterocycles. The second-order valence-electron chi connectivity index (χ2n) is 5.60. The van der Waals surface area contributed by atoms with Gasteiger partial charge in [0, 0.05) is 6.08 Å². The highest BCUT2D eigenvalue weighted by Gasteiger charge is 2.20. The number of allylic oxidation sites excluding steroid dienone is 1. The number of rotatable bonds is 3. The van der Waals surface area contributed by atoms with E-state index in [0.29, 0.717) is 0 Å². The van der Waals surface area contributed by atoms with Gasteiger partial charge in [0.1, 0.15) is 5.60 Å². The smallest absolute Gasteiger partial charge is 0.331 e. The van der Waals surface area contributed by atoms with E-state index in [1.54, 1.807) is 6.08 Å². The fourth-order valence-electron chi connectivity index (χ4n) is 0.982. The van der Waals surface area contributed by atoms with Crippen LogP contribution < -0.4 is 0 Å². The molecule has 0 bridgehead atoms. The molecule has 0 aliphatic carbocycles. The van der Waals surface area contributed by atoms with E-state index in [-0.39, 0.29) is 11.4 Å². The maximum atomic E-state index is 11.5. The van der Waals surface area contributed by atoms with Crippen LogP contribution in [0.25, 0.3) is 0 Å². The van der Waals surface area contributed by atoms with Crippen LogP contribution in [0.15, 0.2) is 11.6 Å². The minimum Gasteiger partial charge on any atom is -0.457 e. The molecule has 0 radical (unpaired) electrons. The first-order valence-corrected chi connectivity index (χ1v) is 5.50. The molecule has 0 unspecified atom stereocenters. The Morgan fingerprint density at radius 3 is 2.00 bits per heavy atom. The third-order valence-electron chi connectivity index (χ3n) is 2.69. The highest BCUT2D eigenvalue weighted by molar-refractivity contribution is 5.83. The molecule has 0 heterocycles. The predicted molar refractivity (Wildman–Crippen MR) is 63.7 cm³/mol. The molecule has 0 aliphatic heterocycles. The molecule has 0 rings (SSSR count). The molecular formula is C13H24O2. The molecule has 0 spiro atoms. The lowest BCUT2D eigenvalue weighted by Gasteiger charge is -2.24. The van der Waals surface area contributed by atoms with Crippen LogP contribution in [-0.4, -0.2) is 11.6 Å². The second kappa shape index (κ2) is 4.82. The molecule has 0 saturated carbocycles. The quantitative estimate of drug-likeness (QED) is 0.526. The minimum atomic E-state index is -0.412. The van der Waals surface area contributed by atoms with Crippen molar-refractivity contribution in [3.05, 3.63) is 11.6 Å². The zero-order chi connectivity index (χ0) is 12.3. The van der Waals surface area contributed by atoms with Gasteiger partial charge in [-0.25, -0.2) is 4.79 Å². The van der Waals surface area contributed by atoms with E-state index < -0.39 is 5.60 Å². The first-order chi connectivity index (χ1) is 6.58. The van der Waals surface area contributed by atoms with Gasteiger partial charge in [-0.2, -0.15) is 0 Å². The lowest BCUT2D eigenvalue weighted by atomic mass is 9.82. The topological polar surface area (TPSA) is 26.3 Å². The lowest BCUT2D eigenvalue weighted by Crippen LogP contribution is -2.23. The van der Waals surface area contributed by atoms with Crippen LogP contribution in [0.4, 0.5) is 0 Å². The van der Waals surface area contributed by atoms with Crippen LogP contribution in [0.1, 0.15) is 54.9 Å². The van der Waals surface area contributed by atoms with E-state index in [4.69, 9.17) is 4.74 Å². The van der Waals surface area contributed by atoms with Gasteiger partial charge in [-0.1, -0.05) is 26.3 Å². The molecule has 0 fully saturated rings. The van der Waals surface area contributed by atoms with E-state index in [0.717, 1.165) is 12.0 Å². The van der Waals surface area contributed by atoms with Crippen LogP contribution in [0.5, 0.6) is 0 Å². The predicted octanol–water partition coefficient (Wildman–Crippen LogP) is 3.71. The van der Waals surface area contributed by atoms with Crippen molar-refractivity contribution in [2.24, 2.45) is 5.41 Å². The molecule has 0 N–H and O–H groups in total. The van der Waals surface area contributed by atoms with Crippen LogP contribution >= 0.6 is 0 Å². The van der Waals surface area contributed by atoms with Crippen molar-refractivity contribution in [2.75, 3.05) is 0 Å².